The lowest BCUT2D eigenvalue weighted by molar-refractivity contribution is 0.0389. The SMILES string of the molecule is CCNC(=NCCN1CCCCC1C)NCCN1CCOCC1.I. The van der Waals surface area contributed by atoms with Crippen molar-refractivity contribution in [3.63, 3.8) is 0 Å². The normalized spacial score (nSPS) is 23.6. The fourth-order valence-corrected chi connectivity index (χ4v) is 3.28. The van der Waals surface area contributed by atoms with E-state index in [9.17, 15) is 0 Å². The van der Waals surface area contributed by atoms with Gasteiger partial charge in [-0.2, -0.15) is 0 Å². The molecule has 2 aliphatic rings. The lowest BCUT2D eigenvalue weighted by Gasteiger charge is -2.32. The quantitative estimate of drug-likeness (QED) is 0.347. The number of nitrogens with zero attached hydrogens (tertiary/aromatic N) is 3. The summed E-state index contributed by atoms with van der Waals surface area (Å²) >= 11 is 0. The van der Waals surface area contributed by atoms with Gasteiger partial charge in [0.15, 0.2) is 5.96 Å². The third kappa shape index (κ3) is 8.31. The van der Waals surface area contributed by atoms with E-state index in [1.54, 1.807) is 0 Å². The van der Waals surface area contributed by atoms with Crippen LogP contribution in [-0.2, 0) is 4.74 Å². The number of aliphatic imine (C=N–C) groups is 1. The van der Waals surface area contributed by atoms with Gasteiger partial charge in [-0.1, -0.05) is 6.42 Å². The summed E-state index contributed by atoms with van der Waals surface area (Å²) in [6, 6.07) is 0.718. The Morgan fingerprint density at radius 2 is 1.92 bits per heavy atom. The van der Waals surface area contributed by atoms with E-state index < -0.39 is 0 Å². The summed E-state index contributed by atoms with van der Waals surface area (Å²) in [6.45, 7) is 14.3. The molecular weight excluding hydrogens is 417 g/mol. The van der Waals surface area contributed by atoms with E-state index in [1.165, 1.54) is 25.8 Å². The van der Waals surface area contributed by atoms with E-state index in [4.69, 9.17) is 9.73 Å². The van der Waals surface area contributed by atoms with Crippen molar-refractivity contribution in [1.82, 2.24) is 20.4 Å². The third-order valence-electron chi connectivity index (χ3n) is 4.77. The fraction of sp³-hybridized carbons (Fsp3) is 0.941. The molecule has 0 aromatic carbocycles. The minimum atomic E-state index is 0. The van der Waals surface area contributed by atoms with Crippen LogP contribution in [0, 0.1) is 0 Å². The highest BCUT2D eigenvalue weighted by atomic mass is 127. The Labute approximate surface area is 164 Å². The number of piperidine rings is 1. The minimum absolute atomic E-state index is 0. The Bertz CT molecular complexity index is 350. The van der Waals surface area contributed by atoms with Crippen LogP contribution in [0.2, 0.25) is 0 Å². The summed E-state index contributed by atoms with van der Waals surface area (Å²) in [5, 5.41) is 6.80. The van der Waals surface area contributed by atoms with Gasteiger partial charge in [0.25, 0.3) is 0 Å². The van der Waals surface area contributed by atoms with Crippen LogP contribution >= 0.6 is 24.0 Å². The molecular formula is C17H36IN5O. The Morgan fingerprint density at radius 1 is 1.12 bits per heavy atom. The van der Waals surface area contributed by atoms with Gasteiger partial charge in [0, 0.05) is 45.3 Å². The van der Waals surface area contributed by atoms with E-state index in [0.29, 0.717) is 0 Å². The lowest BCUT2D eigenvalue weighted by Crippen LogP contribution is -2.45. The number of likely N-dealkylation sites (tertiary alicyclic amines) is 1. The number of nitrogens with one attached hydrogen (secondary N) is 2. The molecule has 0 saturated carbocycles. The van der Waals surface area contributed by atoms with Gasteiger partial charge in [-0.3, -0.25) is 14.8 Å². The number of morpholine rings is 1. The van der Waals surface area contributed by atoms with Crippen LogP contribution in [0.5, 0.6) is 0 Å². The molecule has 0 aliphatic carbocycles. The van der Waals surface area contributed by atoms with Crippen LogP contribution in [0.4, 0.5) is 0 Å². The van der Waals surface area contributed by atoms with Gasteiger partial charge in [-0.15, -0.1) is 24.0 Å². The molecule has 7 heteroatoms. The van der Waals surface area contributed by atoms with Gasteiger partial charge in [-0.05, 0) is 33.2 Å². The minimum Gasteiger partial charge on any atom is -0.379 e. The molecule has 2 rings (SSSR count). The molecule has 2 saturated heterocycles. The second-order valence-corrected chi connectivity index (χ2v) is 6.52. The fourth-order valence-electron chi connectivity index (χ4n) is 3.28. The van der Waals surface area contributed by atoms with Crippen LogP contribution in [-0.4, -0.2) is 87.4 Å². The number of halogens is 1. The van der Waals surface area contributed by atoms with Crippen molar-refractivity contribution < 1.29 is 4.74 Å². The van der Waals surface area contributed by atoms with Gasteiger partial charge in [0.1, 0.15) is 0 Å². The van der Waals surface area contributed by atoms with Crippen LogP contribution in [0.15, 0.2) is 4.99 Å². The first-order chi connectivity index (χ1) is 11.3. The van der Waals surface area contributed by atoms with Crippen LogP contribution in [0.25, 0.3) is 0 Å². The first-order valence-corrected chi connectivity index (χ1v) is 9.36. The highest BCUT2D eigenvalue weighted by Crippen LogP contribution is 2.15. The molecule has 142 valence electrons. The smallest absolute Gasteiger partial charge is 0.191 e. The molecule has 2 fully saturated rings. The zero-order chi connectivity index (χ0) is 16.3. The highest BCUT2D eigenvalue weighted by Gasteiger charge is 2.17. The van der Waals surface area contributed by atoms with Crippen molar-refractivity contribution in [2.24, 2.45) is 4.99 Å². The zero-order valence-corrected chi connectivity index (χ0v) is 17.8. The molecule has 6 nitrogen and oxygen atoms in total. The molecule has 0 amide bonds. The monoisotopic (exact) mass is 453 g/mol. The maximum Gasteiger partial charge on any atom is 0.191 e. The summed E-state index contributed by atoms with van der Waals surface area (Å²) < 4.78 is 5.38. The first-order valence-electron chi connectivity index (χ1n) is 9.36. The van der Waals surface area contributed by atoms with Gasteiger partial charge >= 0.3 is 0 Å². The zero-order valence-electron chi connectivity index (χ0n) is 15.4. The molecule has 24 heavy (non-hydrogen) atoms. The molecule has 2 heterocycles. The van der Waals surface area contributed by atoms with Crippen molar-refractivity contribution in [2.45, 2.75) is 39.2 Å². The van der Waals surface area contributed by atoms with Gasteiger partial charge < -0.3 is 15.4 Å². The number of hydrogen-bond donors (Lipinski definition) is 2. The molecule has 2 aliphatic heterocycles. The Morgan fingerprint density at radius 3 is 2.62 bits per heavy atom. The summed E-state index contributed by atoms with van der Waals surface area (Å²) in [6.07, 6.45) is 4.06. The maximum absolute atomic E-state index is 5.38. The number of guanidine groups is 1. The summed E-state index contributed by atoms with van der Waals surface area (Å²) in [5.41, 5.74) is 0. The molecule has 0 bridgehead atoms. The van der Waals surface area contributed by atoms with Crippen LogP contribution in [0.3, 0.4) is 0 Å². The van der Waals surface area contributed by atoms with Crippen molar-refractivity contribution in [3.8, 4) is 0 Å². The summed E-state index contributed by atoms with van der Waals surface area (Å²) in [7, 11) is 0. The average Bonchev–Trinajstić information content (AvgIpc) is 2.57. The third-order valence-corrected chi connectivity index (χ3v) is 4.77. The largest absolute Gasteiger partial charge is 0.379 e. The van der Waals surface area contributed by atoms with Crippen molar-refractivity contribution in [3.05, 3.63) is 0 Å². The van der Waals surface area contributed by atoms with Crippen LogP contribution < -0.4 is 10.6 Å². The Balaban J connectivity index is 0.00000288. The number of hydrogen-bond acceptors (Lipinski definition) is 4. The summed E-state index contributed by atoms with van der Waals surface area (Å²) in [5.74, 6) is 0.949. The first kappa shape index (κ1) is 21.9. The topological polar surface area (TPSA) is 52.1 Å². The Hall–Kier alpha value is -0.120. The average molecular weight is 453 g/mol. The standard InChI is InChI=1S/C17H35N5O.HI/c1-3-18-17(19-7-10-21-12-14-23-15-13-21)20-8-11-22-9-5-4-6-16(22)2;/h16H,3-15H2,1-2H3,(H2,18,19,20);1H. The van der Waals surface area contributed by atoms with Gasteiger partial charge in [0.05, 0.1) is 19.8 Å². The predicted octanol–water partition coefficient (Wildman–Crippen LogP) is 1.37. The van der Waals surface area contributed by atoms with E-state index >= 15 is 0 Å². The molecule has 1 atom stereocenters. The van der Waals surface area contributed by atoms with Gasteiger partial charge in [0.2, 0.25) is 0 Å². The maximum atomic E-state index is 5.38. The van der Waals surface area contributed by atoms with Crippen molar-refractivity contribution >= 4 is 29.9 Å². The predicted molar refractivity (Wildman–Crippen MR) is 112 cm³/mol. The molecule has 0 aromatic rings. The highest BCUT2D eigenvalue weighted by molar-refractivity contribution is 14.0. The second kappa shape index (κ2) is 13.1. The van der Waals surface area contributed by atoms with E-state index in [-0.39, 0.29) is 24.0 Å². The van der Waals surface area contributed by atoms with Crippen LogP contribution in [0.1, 0.15) is 33.1 Å². The molecule has 2 N–H and O–H groups in total. The lowest BCUT2D eigenvalue weighted by atomic mass is 10.0. The Kier molecular flexibility index (Phi) is 12.0. The number of rotatable bonds is 7. The molecule has 0 spiro atoms. The van der Waals surface area contributed by atoms with Crippen molar-refractivity contribution in [2.75, 3.05) is 65.6 Å². The molecule has 0 aromatic heterocycles. The van der Waals surface area contributed by atoms with E-state index in [1.807, 2.05) is 0 Å². The molecule has 0 radical (unpaired) electrons. The summed E-state index contributed by atoms with van der Waals surface area (Å²) in [4.78, 5) is 9.75. The second-order valence-electron chi connectivity index (χ2n) is 6.52. The van der Waals surface area contributed by atoms with Gasteiger partial charge in [-0.25, -0.2) is 0 Å². The van der Waals surface area contributed by atoms with E-state index in [0.717, 1.165) is 71.0 Å². The van der Waals surface area contributed by atoms with Crippen molar-refractivity contribution in [1.29, 1.82) is 0 Å². The molecule has 1 unspecified atom stereocenters. The number of ether oxygens (including phenoxy) is 1. The van der Waals surface area contributed by atoms with E-state index in [2.05, 4.69) is 34.3 Å².